The summed E-state index contributed by atoms with van der Waals surface area (Å²) in [5.74, 6) is 0.681. The van der Waals surface area contributed by atoms with Crippen LogP contribution in [0.5, 0.6) is 5.75 Å². The van der Waals surface area contributed by atoms with Crippen molar-refractivity contribution in [2.75, 3.05) is 19.0 Å². The van der Waals surface area contributed by atoms with Crippen molar-refractivity contribution in [3.63, 3.8) is 0 Å². The number of anilines is 1. The number of hydrogen-bond donors (Lipinski definition) is 2. The van der Waals surface area contributed by atoms with Gasteiger partial charge in [0.05, 0.1) is 7.11 Å². The average molecular weight is 300 g/mol. The Hall–Kier alpha value is -2.40. The van der Waals surface area contributed by atoms with E-state index in [-0.39, 0.29) is 6.61 Å². The highest BCUT2D eigenvalue weighted by molar-refractivity contribution is 5.68. The van der Waals surface area contributed by atoms with Gasteiger partial charge < -0.3 is 20.0 Å². The molecule has 1 aromatic carbocycles. The van der Waals surface area contributed by atoms with Gasteiger partial charge in [-0.3, -0.25) is 4.98 Å². The minimum Gasteiger partial charge on any atom is -0.497 e. The van der Waals surface area contributed by atoms with Crippen molar-refractivity contribution in [1.82, 2.24) is 4.98 Å². The molecule has 2 N–H and O–H groups in total. The van der Waals surface area contributed by atoms with E-state index in [0.717, 1.165) is 28.8 Å². The van der Waals surface area contributed by atoms with Gasteiger partial charge in [0.25, 0.3) is 0 Å². The van der Waals surface area contributed by atoms with E-state index >= 15 is 0 Å². The Bertz CT molecular complexity index is 626. The first-order valence-corrected chi connectivity index (χ1v) is 7.09. The summed E-state index contributed by atoms with van der Waals surface area (Å²) in [6.07, 6.45) is 3.07. The maximum absolute atomic E-state index is 11.4. The Morgan fingerprint density at radius 2 is 2.18 bits per heavy atom. The number of aromatic nitrogens is 1. The molecule has 1 heterocycles. The summed E-state index contributed by atoms with van der Waals surface area (Å²) in [6, 6.07) is 8.85. The number of nitrogens with zero attached hydrogens (tertiary/aromatic N) is 1. The van der Waals surface area contributed by atoms with Crippen LogP contribution in [-0.2, 0) is 11.2 Å². The van der Waals surface area contributed by atoms with Gasteiger partial charge in [0.15, 0.2) is 0 Å². The van der Waals surface area contributed by atoms with E-state index in [2.05, 4.69) is 10.3 Å². The van der Waals surface area contributed by atoms with Crippen molar-refractivity contribution in [3.8, 4) is 5.75 Å². The van der Waals surface area contributed by atoms with Gasteiger partial charge >= 0.3 is 0 Å². The van der Waals surface area contributed by atoms with Crippen LogP contribution in [0.15, 0.2) is 36.5 Å². The molecule has 0 bridgehead atoms. The molecule has 0 fully saturated rings. The third-order valence-corrected chi connectivity index (χ3v) is 3.35. The summed E-state index contributed by atoms with van der Waals surface area (Å²) in [6.45, 7) is 1.96. The molecule has 5 nitrogen and oxygen atoms in total. The number of aldehydes is 1. The van der Waals surface area contributed by atoms with Crippen LogP contribution in [0.25, 0.3) is 0 Å². The molecule has 5 heteroatoms. The molecule has 0 radical (unpaired) electrons. The van der Waals surface area contributed by atoms with E-state index < -0.39 is 6.04 Å². The highest BCUT2D eigenvalue weighted by atomic mass is 16.5. The Morgan fingerprint density at radius 3 is 2.77 bits per heavy atom. The van der Waals surface area contributed by atoms with Crippen molar-refractivity contribution in [1.29, 1.82) is 0 Å². The van der Waals surface area contributed by atoms with Crippen molar-refractivity contribution >= 4 is 12.0 Å². The molecule has 1 atom stereocenters. The van der Waals surface area contributed by atoms with Gasteiger partial charge in [0.1, 0.15) is 18.1 Å². The SMILES string of the molecule is COc1cc(CCO)cc(NC(C=O)c2ccc(C)nc2)c1. The van der Waals surface area contributed by atoms with Crippen LogP contribution >= 0.6 is 0 Å². The first-order valence-electron chi connectivity index (χ1n) is 7.09. The summed E-state index contributed by atoms with van der Waals surface area (Å²) >= 11 is 0. The minimum absolute atomic E-state index is 0.0611. The fraction of sp³-hybridized carbons (Fsp3) is 0.294. The lowest BCUT2D eigenvalue weighted by Gasteiger charge is -2.16. The van der Waals surface area contributed by atoms with E-state index in [1.54, 1.807) is 13.3 Å². The van der Waals surface area contributed by atoms with Crippen LogP contribution in [0, 0.1) is 6.92 Å². The highest BCUT2D eigenvalue weighted by Gasteiger charge is 2.12. The summed E-state index contributed by atoms with van der Waals surface area (Å²) in [4.78, 5) is 15.6. The normalized spacial score (nSPS) is 11.8. The lowest BCUT2D eigenvalue weighted by atomic mass is 10.1. The number of benzene rings is 1. The van der Waals surface area contributed by atoms with Crippen molar-refractivity contribution in [3.05, 3.63) is 53.3 Å². The molecule has 2 rings (SSSR count). The Kier molecular flexibility index (Phi) is 5.49. The van der Waals surface area contributed by atoms with E-state index in [1.165, 1.54) is 0 Å². The number of aliphatic hydroxyl groups is 1. The van der Waals surface area contributed by atoms with Gasteiger partial charge in [-0.05, 0) is 42.7 Å². The molecule has 1 aromatic heterocycles. The number of pyridine rings is 1. The smallest absolute Gasteiger partial charge is 0.146 e. The lowest BCUT2D eigenvalue weighted by Crippen LogP contribution is -2.13. The third kappa shape index (κ3) is 4.05. The van der Waals surface area contributed by atoms with Crippen LogP contribution in [0.3, 0.4) is 0 Å². The topological polar surface area (TPSA) is 71.5 Å². The van der Waals surface area contributed by atoms with E-state index in [1.807, 2.05) is 37.3 Å². The fourth-order valence-corrected chi connectivity index (χ4v) is 2.17. The summed E-state index contributed by atoms with van der Waals surface area (Å²) in [5.41, 5.74) is 3.41. The second kappa shape index (κ2) is 7.56. The summed E-state index contributed by atoms with van der Waals surface area (Å²) in [7, 11) is 1.59. The molecule has 1 unspecified atom stereocenters. The number of nitrogens with one attached hydrogen (secondary N) is 1. The monoisotopic (exact) mass is 300 g/mol. The van der Waals surface area contributed by atoms with Crippen molar-refractivity contribution in [2.45, 2.75) is 19.4 Å². The predicted molar refractivity (Wildman–Crippen MR) is 85.2 cm³/mol. The molecular formula is C17H20N2O3. The number of methoxy groups -OCH3 is 1. The second-order valence-electron chi connectivity index (χ2n) is 5.03. The molecule has 0 saturated carbocycles. The average Bonchev–Trinajstić information content (AvgIpc) is 2.53. The van der Waals surface area contributed by atoms with Gasteiger partial charge in [-0.1, -0.05) is 6.07 Å². The van der Waals surface area contributed by atoms with Crippen LogP contribution in [0.2, 0.25) is 0 Å². The predicted octanol–water partition coefficient (Wildman–Crippen LogP) is 2.29. The number of carbonyl (C=O) groups is 1. The standard InChI is InChI=1S/C17H20N2O3/c1-12-3-4-14(10-18-12)17(11-21)19-15-7-13(5-6-20)8-16(9-15)22-2/h3-4,7-11,17,19-20H,5-6H2,1-2H3. The number of aliphatic hydroxyl groups excluding tert-OH is 1. The molecule has 0 amide bonds. The Balaban J connectivity index is 2.24. The molecule has 0 spiro atoms. The quantitative estimate of drug-likeness (QED) is 0.768. The largest absolute Gasteiger partial charge is 0.497 e. The highest BCUT2D eigenvalue weighted by Crippen LogP contribution is 2.24. The van der Waals surface area contributed by atoms with Crippen LogP contribution in [0.1, 0.15) is 22.9 Å². The number of aryl methyl sites for hydroxylation is 1. The third-order valence-electron chi connectivity index (χ3n) is 3.35. The summed E-state index contributed by atoms with van der Waals surface area (Å²) in [5, 5.41) is 12.2. The van der Waals surface area contributed by atoms with Gasteiger partial charge in [-0.2, -0.15) is 0 Å². The zero-order valence-electron chi connectivity index (χ0n) is 12.7. The van der Waals surface area contributed by atoms with Gasteiger partial charge in [-0.15, -0.1) is 0 Å². The Morgan fingerprint density at radius 1 is 1.36 bits per heavy atom. The van der Waals surface area contributed by atoms with E-state index in [9.17, 15) is 4.79 Å². The number of carbonyl (C=O) groups excluding carboxylic acids is 1. The van der Waals surface area contributed by atoms with E-state index in [4.69, 9.17) is 9.84 Å². The van der Waals surface area contributed by atoms with Gasteiger partial charge in [-0.25, -0.2) is 0 Å². The number of hydrogen-bond acceptors (Lipinski definition) is 5. The lowest BCUT2D eigenvalue weighted by molar-refractivity contribution is -0.108. The summed E-state index contributed by atoms with van der Waals surface area (Å²) < 4.78 is 5.26. The van der Waals surface area contributed by atoms with Gasteiger partial charge in [0.2, 0.25) is 0 Å². The molecular weight excluding hydrogens is 280 g/mol. The number of ether oxygens (including phenoxy) is 1. The van der Waals surface area contributed by atoms with Gasteiger partial charge in [0, 0.05) is 30.3 Å². The first kappa shape index (κ1) is 16.0. The van der Waals surface area contributed by atoms with Crippen LogP contribution in [0.4, 0.5) is 5.69 Å². The van der Waals surface area contributed by atoms with Crippen molar-refractivity contribution in [2.24, 2.45) is 0 Å². The van der Waals surface area contributed by atoms with Crippen molar-refractivity contribution < 1.29 is 14.6 Å². The maximum atomic E-state index is 11.4. The van der Waals surface area contributed by atoms with E-state index in [0.29, 0.717) is 12.2 Å². The molecule has 0 aliphatic heterocycles. The van der Waals surface area contributed by atoms with Crippen LogP contribution in [-0.4, -0.2) is 30.1 Å². The molecule has 116 valence electrons. The maximum Gasteiger partial charge on any atom is 0.146 e. The fourth-order valence-electron chi connectivity index (χ4n) is 2.17. The second-order valence-corrected chi connectivity index (χ2v) is 5.03. The molecule has 0 aliphatic rings. The molecule has 22 heavy (non-hydrogen) atoms. The number of rotatable bonds is 7. The molecule has 2 aromatic rings. The zero-order valence-corrected chi connectivity index (χ0v) is 12.7. The molecule has 0 aliphatic carbocycles. The Labute approximate surface area is 130 Å². The molecule has 0 saturated heterocycles. The minimum atomic E-state index is -0.484. The first-order chi connectivity index (χ1) is 10.7. The van der Waals surface area contributed by atoms with Crippen LogP contribution < -0.4 is 10.1 Å². The zero-order chi connectivity index (χ0) is 15.9.